The Morgan fingerprint density at radius 2 is 1.54 bits per heavy atom. The van der Waals surface area contributed by atoms with Crippen LogP contribution in [-0.4, -0.2) is 0 Å². The van der Waals surface area contributed by atoms with Crippen LogP contribution in [0, 0.1) is 0 Å². The highest BCUT2D eigenvalue weighted by Crippen LogP contribution is 2.38. The van der Waals surface area contributed by atoms with Crippen LogP contribution in [0.25, 0.3) is 11.1 Å². The van der Waals surface area contributed by atoms with Crippen molar-refractivity contribution in [2.75, 3.05) is 0 Å². The van der Waals surface area contributed by atoms with Gasteiger partial charge in [0.2, 0.25) is 0 Å². The molecule has 0 bridgehead atoms. The van der Waals surface area contributed by atoms with E-state index < -0.39 is 0 Å². The number of fused-ring (bicyclic) bond motifs is 3. The molecule has 0 aliphatic heterocycles. The Bertz CT molecular complexity index is 946. The number of hydrogen-bond acceptors (Lipinski definition) is 0. The van der Waals surface area contributed by atoms with E-state index in [0.29, 0.717) is 5.92 Å². The van der Waals surface area contributed by atoms with Gasteiger partial charge in [0, 0.05) is 0 Å². The lowest BCUT2D eigenvalue weighted by Gasteiger charge is -2.17. The van der Waals surface area contributed by atoms with Crippen LogP contribution < -0.4 is 0 Å². The fourth-order valence-electron chi connectivity index (χ4n) is 4.55. The van der Waals surface area contributed by atoms with E-state index >= 15 is 0 Å². The van der Waals surface area contributed by atoms with Crippen molar-refractivity contribution >= 4 is 0 Å². The minimum Gasteiger partial charge on any atom is -0.103 e. The van der Waals surface area contributed by atoms with Gasteiger partial charge in [-0.3, -0.25) is 0 Å². The van der Waals surface area contributed by atoms with Gasteiger partial charge in [-0.15, -0.1) is 6.58 Å². The third-order valence-electron chi connectivity index (χ3n) is 6.04. The summed E-state index contributed by atoms with van der Waals surface area (Å²) in [6.45, 7) is 6.10. The molecule has 0 radical (unpaired) electrons. The molecule has 142 valence electrons. The molecular formula is C28H30. The second-order valence-corrected chi connectivity index (χ2v) is 8.07. The third kappa shape index (κ3) is 3.97. The highest BCUT2D eigenvalue weighted by molar-refractivity contribution is 5.72. The van der Waals surface area contributed by atoms with Gasteiger partial charge in [-0.25, -0.2) is 0 Å². The van der Waals surface area contributed by atoms with Gasteiger partial charge in [0.25, 0.3) is 0 Å². The second kappa shape index (κ2) is 8.61. The van der Waals surface area contributed by atoms with Crippen molar-refractivity contribution in [2.45, 2.75) is 51.4 Å². The van der Waals surface area contributed by atoms with Crippen LogP contribution in [0.4, 0.5) is 0 Å². The van der Waals surface area contributed by atoms with Gasteiger partial charge < -0.3 is 0 Å². The Hall–Kier alpha value is -2.60. The maximum absolute atomic E-state index is 3.84. The van der Waals surface area contributed by atoms with Crippen LogP contribution in [0.2, 0.25) is 0 Å². The summed E-state index contributed by atoms with van der Waals surface area (Å²) in [7, 11) is 0. The Balaban J connectivity index is 1.71. The molecule has 1 unspecified atom stereocenters. The average molecular weight is 367 g/mol. The fraction of sp³-hybridized carbons (Fsp3) is 0.286. The lowest BCUT2D eigenvalue weighted by atomic mass is 9.87. The molecule has 0 saturated heterocycles. The van der Waals surface area contributed by atoms with Crippen molar-refractivity contribution in [1.29, 1.82) is 0 Å². The zero-order chi connectivity index (χ0) is 19.3. The van der Waals surface area contributed by atoms with Gasteiger partial charge in [-0.05, 0) is 77.0 Å². The van der Waals surface area contributed by atoms with E-state index in [1.165, 1.54) is 45.4 Å². The normalized spacial score (nSPS) is 15.4. The summed E-state index contributed by atoms with van der Waals surface area (Å²) in [4.78, 5) is 0. The topological polar surface area (TPSA) is 0 Å². The molecule has 0 heteroatoms. The molecule has 3 aromatic rings. The van der Waals surface area contributed by atoms with E-state index in [9.17, 15) is 0 Å². The van der Waals surface area contributed by atoms with Crippen molar-refractivity contribution in [3.8, 4) is 11.1 Å². The summed E-state index contributed by atoms with van der Waals surface area (Å²) in [5.74, 6) is 0.535. The van der Waals surface area contributed by atoms with Crippen LogP contribution in [0.5, 0.6) is 0 Å². The number of hydrogen-bond donors (Lipinski definition) is 0. The number of aryl methyl sites for hydroxylation is 2. The molecule has 0 aromatic heterocycles. The molecule has 0 heterocycles. The van der Waals surface area contributed by atoms with Crippen LogP contribution >= 0.6 is 0 Å². The van der Waals surface area contributed by atoms with E-state index in [4.69, 9.17) is 0 Å². The molecule has 28 heavy (non-hydrogen) atoms. The lowest BCUT2D eigenvalue weighted by molar-refractivity contribution is 0.687. The molecule has 1 aliphatic rings. The monoisotopic (exact) mass is 366 g/mol. The maximum atomic E-state index is 3.84. The molecule has 4 rings (SSSR count). The molecular weight excluding hydrogens is 336 g/mol. The van der Waals surface area contributed by atoms with Gasteiger partial charge in [-0.2, -0.15) is 0 Å². The fourth-order valence-corrected chi connectivity index (χ4v) is 4.55. The first-order chi connectivity index (χ1) is 13.8. The SMILES string of the molecule is C=CCCc1ccc(C2Cc3ccccc3-c3ccc(CCC)cc3C2)cc1. The van der Waals surface area contributed by atoms with Crippen molar-refractivity contribution in [1.82, 2.24) is 0 Å². The molecule has 0 spiro atoms. The molecule has 0 fully saturated rings. The number of benzene rings is 3. The highest BCUT2D eigenvalue weighted by atomic mass is 14.3. The van der Waals surface area contributed by atoms with E-state index in [-0.39, 0.29) is 0 Å². The minimum absolute atomic E-state index is 0.535. The van der Waals surface area contributed by atoms with Crippen molar-refractivity contribution in [2.24, 2.45) is 0 Å². The highest BCUT2D eigenvalue weighted by Gasteiger charge is 2.22. The largest absolute Gasteiger partial charge is 0.103 e. The molecule has 0 amide bonds. The lowest BCUT2D eigenvalue weighted by Crippen LogP contribution is -2.05. The summed E-state index contributed by atoms with van der Waals surface area (Å²) in [6, 6.07) is 25.5. The first-order valence-electron chi connectivity index (χ1n) is 10.7. The van der Waals surface area contributed by atoms with Gasteiger partial charge >= 0.3 is 0 Å². The zero-order valence-electron chi connectivity index (χ0n) is 17.0. The standard InChI is InChI=1S/C28H30/c1-3-5-9-21-12-15-23(16-13-21)25-19-24-10-6-7-11-27(24)28-17-14-22(8-4-2)18-26(28)20-25/h3,6-7,10-18,25H,1,4-5,8-9,19-20H2,2H3. The van der Waals surface area contributed by atoms with Crippen LogP contribution in [0.3, 0.4) is 0 Å². The van der Waals surface area contributed by atoms with Gasteiger partial charge in [0.15, 0.2) is 0 Å². The van der Waals surface area contributed by atoms with Gasteiger partial charge in [-0.1, -0.05) is 86.2 Å². The third-order valence-corrected chi connectivity index (χ3v) is 6.04. The van der Waals surface area contributed by atoms with Gasteiger partial charge in [0.1, 0.15) is 0 Å². The first kappa shape index (κ1) is 18.7. The molecule has 1 aliphatic carbocycles. The predicted octanol–water partition coefficient (Wildman–Crippen LogP) is 7.31. The minimum atomic E-state index is 0.535. The van der Waals surface area contributed by atoms with Crippen LogP contribution in [-0.2, 0) is 25.7 Å². The van der Waals surface area contributed by atoms with Crippen molar-refractivity contribution < 1.29 is 0 Å². The smallest absolute Gasteiger partial charge is 0.00806 e. The Morgan fingerprint density at radius 3 is 2.32 bits per heavy atom. The summed E-state index contributed by atoms with van der Waals surface area (Å²) >= 11 is 0. The molecule has 3 aromatic carbocycles. The quantitative estimate of drug-likeness (QED) is 0.401. The Kier molecular flexibility index (Phi) is 5.76. The summed E-state index contributed by atoms with van der Waals surface area (Å²) in [5.41, 5.74) is 10.2. The zero-order valence-corrected chi connectivity index (χ0v) is 17.0. The predicted molar refractivity (Wildman–Crippen MR) is 121 cm³/mol. The van der Waals surface area contributed by atoms with Gasteiger partial charge in [0.05, 0.1) is 0 Å². The van der Waals surface area contributed by atoms with Crippen molar-refractivity contribution in [3.63, 3.8) is 0 Å². The van der Waals surface area contributed by atoms with Crippen molar-refractivity contribution in [3.05, 3.63) is 107 Å². The Labute approximate surface area is 169 Å². The maximum Gasteiger partial charge on any atom is -0.00806 e. The molecule has 0 nitrogen and oxygen atoms in total. The summed E-state index contributed by atoms with van der Waals surface area (Å²) < 4.78 is 0. The van der Waals surface area contributed by atoms with E-state index in [2.05, 4.69) is 80.2 Å². The van der Waals surface area contributed by atoms with E-state index in [1.54, 1.807) is 0 Å². The summed E-state index contributed by atoms with van der Waals surface area (Å²) in [5, 5.41) is 0. The molecule has 0 N–H and O–H groups in total. The van der Waals surface area contributed by atoms with Crippen LogP contribution in [0.15, 0.2) is 79.4 Å². The number of rotatable bonds is 6. The number of allylic oxidation sites excluding steroid dienone is 1. The molecule has 1 atom stereocenters. The van der Waals surface area contributed by atoms with Crippen LogP contribution in [0.1, 0.15) is 53.5 Å². The first-order valence-corrected chi connectivity index (χ1v) is 10.7. The average Bonchev–Trinajstić information content (AvgIpc) is 2.89. The Morgan fingerprint density at radius 1 is 0.821 bits per heavy atom. The summed E-state index contributed by atoms with van der Waals surface area (Å²) in [6.07, 6.45) is 8.72. The second-order valence-electron chi connectivity index (χ2n) is 8.07. The van der Waals surface area contributed by atoms with E-state index in [1.807, 2.05) is 6.08 Å². The molecule has 0 saturated carbocycles. The van der Waals surface area contributed by atoms with E-state index in [0.717, 1.165) is 32.1 Å².